The molecule has 5 nitrogen and oxygen atoms in total. The van der Waals surface area contributed by atoms with Gasteiger partial charge in [0.25, 0.3) is 10.1 Å². The Morgan fingerprint density at radius 3 is 2.46 bits per heavy atom. The molecule has 0 N–H and O–H groups in total. The second-order valence-corrected chi connectivity index (χ2v) is 7.13. The van der Waals surface area contributed by atoms with Gasteiger partial charge in [-0.25, -0.2) is 8.42 Å². The van der Waals surface area contributed by atoms with Crippen molar-refractivity contribution in [1.82, 2.24) is 0 Å². The Labute approximate surface area is 78.1 Å². The lowest BCUT2D eigenvalue weighted by Gasteiger charge is -2.05. The summed E-state index contributed by atoms with van der Waals surface area (Å²) in [4.78, 5) is 0. The van der Waals surface area contributed by atoms with E-state index in [4.69, 9.17) is 0 Å². The van der Waals surface area contributed by atoms with Crippen LogP contribution in [0.1, 0.15) is 6.42 Å². The SMILES string of the molecule is CS(=O)(=O)OCC1CCS(=O)(=O)C1. The van der Waals surface area contributed by atoms with Crippen LogP contribution in [0.2, 0.25) is 0 Å². The summed E-state index contributed by atoms with van der Waals surface area (Å²) in [6.07, 6.45) is 1.45. The van der Waals surface area contributed by atoms with Gasteiger partial charge in [-0.15, -0.1) is 0 Å². The number of hydrogen-bond acceptors (Lipinski definition) is 5. The smallest absolute Gasteiger partial charge is 0.264 e. The normalized spacial score (nSPS) is 27.6. The van der Waals surface area contributed by atoms with Crippen LogP contribution in [-0.4, -0.2) is 41.2 Å². The molecule has 7 heteroatoms. The average molecular weight is 228 g/mol. The van der Waals surface area contributed by atoms with E-state index in [9.17, 15) is 16.8 Å². The summed E-state index contributed by atoms with van der Waals surface area (Å²) in [5.41, 5.74) is 0. The molecule has 1 atom stereocenters. The molecule has 1 aliphatic rings. The predicted octanol–water partition coefficient (Wildman–Crippen LogP) is -0.603. The molecule has 0 aromatic carbocycles. The highest BCUT2D eigenvalue weighted by Crippen LogP contribution is 2.18. The molecule has 13 heavy (non-hydrogen) atoms. The van der Waals surface area contributed by atoms with Gasteiger partial charge in [-0.05, 0) is 12.3 Å². The topological polar surface area (TPSA) is 77.5 Å². The summed E-state index contributed by atoms with van der Waals surface area (Å²) >= 11 is 0. The van der Waals surface area contributed by atoms with Crippen LogP contribution in [0.25, 0.3) is 0 Å². The van der Waals surface area contributed by atoms with Gasteiger partial charge in [0.2, 0.25) is 0 Å². The van der Waals surface area contributed by atoms with E-state index in [-0.39, 0.29) is 24.0 Å². The first kappa shape index (κ1) is 10.9. The van der Waals surface area contributed by atoms with E-state index in [0.717, 1.165) is 6.26 Å². The van der Waals surface area contributed by atoms with Gasteiger partial charge in [-0.2, -0.15) is 8.42 Å². The standard InChI is InChI=1S/C6H12O5S2/c1-12(7,8)11-4-6-2-3-13(9,10)5-6/h6H,2-5H2,1H3. The Hall–Kier alpha value is -0.140. The van der Waals surface area contributed by atoms with E-state index in [1.165, 1.54) is 0 Å². The van der Waals surface area contributed by atoms with Gasteiger partial charge in [0.15, 0.2) is 9.84 Å². The summed E-state index contributed by atoms with van der Waals surface area (Å²) in [6.45, 7) is -0.0158. The fraction of sp³-hybridized carbons (Fsp3) is 1.00. The zero-order valence-electron chi connectivity index (χ0n) is 7.26. The molecule has 0 aromatic rings. The zero-order chi connectivity index (χ0) is 10.1. The largest absolute Gasteiger partial charge is 0.270 e. The molecular weight excluding hydrogens is 216 g/mol. The summed E-state index contributed by atoms with van der Waals surface area (Å²) in [5, 5.41) is 0. The minimum atomic E-state index is -3.44. The maximum absolute atomic E-state index is 11.0. The Kier molecular flexibility index (Phi) is 2.98. The van der Waals surface area contributed by atoms with Crippen LogP contribution in [0.4, 0.5) is 0 Å². The van der Waals surface area contributed by atoms with Gasteiger partial charge < -0.3 is 0 Å². The third-order valence-corrected chi connectivity index (χ3v) is 4.25. The van der Waals surface area contributed by atoms with Crippen LogP contribution in [0.5, 0.6) is 0 Å². The minimum absolute atomic E-state index is 0.0158. The van der Waals surface area contributed by atoms with E-state index in [1.807, 2.05) is 0 Å². The quantitative estimate of drug-likeness (QED) is 0.603. The predicted molar refractivity (Wildman–Crippen MR) is 47.6 cm³/mol. The summed E-state index contributed by atoms with van der Waals surface area (Å²) in [5.74, 6) is 0.0209. The van der Waals surface area contributed by atoms with Crippen molar-refractivity contribution in [3.63, 3.8) is 0 Å². The maximum Gasteiger partial charge on any atom is 0.264 e. The zero-order valence-corrected chi connectivity index (χ0v) is 8.90. The third-order valence-electron chi connectivity index (χ3n) is 1.84. The highest BCUT2D eigenvalue weighted by atomic mass is 32.2. The van der Waals surface area contributed by atoms with E-state index in [2.05, 4.69) is 4.18 Å². The minimum Gasteiger partial charge on any atom is -0.270 e. The van der Waals surface area contributed by atoms with Crippen molar-refractivity contribution < 1.29 is 21.0 Å². The van der Waals surface area contributed by atoms with E-state index in [0.29, 0.717) is 6.42 Å². The van der Waals surface area contributed by atoms with Crippen molar-refractivity contribution in [3.8, 4) is 0 Å². The fourth-order valence-corrected chi connectivity index (χ4v) is 3.50. The van der Waals surface area contributed by atoms with Gasteiger partial charge in [0.1, 0.15) is 0 Å². The molecule has 0 aliphatic carbocycles. The molecule has 0 aromatic heterocycles. The molecule has 1 unspecified atom stereocenters. The molecule has 1 saturated heterocycles. The lowest BCUT2D eigenvalue weighted by Crippen LogP contribution is -2.14. The van der Waals surface area contributed by atoms with Crippen molar-refractivity contribution in [3.05, 3.63) is 0 Å². The van der Waals surface area contributed by atoms with Gasteiger partial charge in [-0.1, -0.05) is 0 Å². The number of sulfone groups is 1. The molecule has 1 aliphatic heterocycles. The Bertz CT molecular complexity index is 366. The van der Waals surface area contributed by atoms with Crippen molar-refractivity contribution in [2.75, 3.05) is 24.4 Å². The fourth-order valence-electron chi connectivity index (χ4n) is 1.22. The van der Waals surface area contributed by atoms with Crippen LogP contribution in [-0.2, 0) is 24.1 Å². The summed E-state index contributed by atoms with van der Waals surface area (Å²) in [7, 11) is -6.38. The molecule has 78 valence electrons. The van der Waals surface area contributed by atoms with E-state index < -0.39 is 20.0 Å². The van der Waals surface area contributed by atoms with Gasteiger partial charge >= 0.3 is 0 Å². The molecule has 0 amide bonds. The average Bonchev–Trinajstić information content (AvgIpc) is 2.24. The molecule has 0 spiro atoms. The van der Waals surface area contributed by atoms with E-state index >= 15 is 0 Å². The lowest BCUT2D eigenvalue weighted by atomic mass is 10.1. The van der Waals surface area contributed by atoms with Gasteiger partial charge in [-0.3, -0.25) is 4.18 Å². The first-order chi connectivity index (χ1) is 5.79. The van der Waals surface area contributed by atoms with Gasteiger partial charge in [0, 0.05) is 0 Å². The molecule has 1 heterocycles. The molecule has 1 fully saturated rings. The molecule has 0 bridgehead atoms. The second-order valence-electron chi connectivity index (χ2n) is 3.26. The number of rotatable bonds is 3. The van der Waals surface area contributed by atoms with E-state index in [1.54, 1.807) is 0 Å². The molecule has 0 radical (unpaired) electrons. The Morgan fingerprint density at radius 2 is 2.08 bits per heavy atom. The highest BCUT2D eigenvalue weighted by Gasteiger charge is 2.28. The lowest BCUT2D eigenvalue weighted by molar-refractivity contribution is 0.270. The summed E-state index contributed by atoms with van der Waals surface area (Å²) in [6, 6.07) is 0. The van der Waals surface area contributed by atoms with Gasteiger partial charge in [0.05, 0.1) is 24.4 Å². The first-order valence-corrected chi connectivity index (χ1v) is 7.47. The monoisotopic (exact) mass is 228 g/mol. The van der Waals surface area contributed by atoms with Crippen molar-refractivity contribution in [1.29, 1.82) is 0 Å². The highest BCUT2D eigenvalue weighted by molar-refractivity contribution is 7.91. The van der Waals surface area contributed by atoms with Crippen LogP contribution >= 0.6 is 0 Å². The maximum atomic E-state index is 11.0. The number of hydrogen-bond donors (Lipinski definition) is 0. The summed E-state index contributed by atoms with van der Waals surface area (Å²) < 4.78 is 47.6. The van der Waals surface area contributed by atoms with Crippen LogP contribution < -0.4 is 0 Å². The molecule has 0 saturated carbocycles. The molecular formula is C6H12O5S2. The van der Waals surface area contributed by atoms with Crippen molar-refractivity contribution >= 4 is 20.0 Å². The third kappa shape index (κ3) is 4.06. The van der Waals surface area contributed by atoms with Crippen LogP contribution in [0.3, 0.4) is 0 Å². The first-order valence-electron chi connectivity index (χ1n) is 3.83. The van der Waals surface area contributed by atoms with Crippen molar-refractivity contribution in [2.24, 2.45) is 5.92 Å². The van der Waals surface area contributed by atoms with Crippen LogP contribution in [0.15, 0.2) is 0 Å². The van der Waals surface area contributed by atoms with Crippen molar-refractivity contribution in [2.45, 2.75) is 6.42 Å². The Morgan fingerprint density at radius 1 is 1.46 bits per heavy atom. The second kappa shape index (κ2) is 3.55. The Balaban J connectivity index is 2.42. The van der Waals surface area contributed by atoms with Crippen LogP contribution in [0, 0.1) is 5.92 Å². The molecule has 1 rings (SSSR count).